The van der Waals surface area contributed by atoms with Crippen LogP contribution in [-0.2, 0) is 13.3 Å². The maximum absolute atomic E-state index is 12.4. The van der Waals surface area contributed by atoms with Gasteiger partial charge in [0.15, 0.2) is 0 Å². The number of thiazole rings is 2. The second-order valence-corrected chi connectivity index (χ2v) is 7.94. The molecule has 2 aromatic carbocycles. The van der Waals surface area contributed by atoms with Crippen molar-refractivity contribution in [3.8, 4) is 0 Å². The van der Waals surface area contributed by atoms with E-state index in [1.54, 1.807) is 15.2 Å². The van der Waals surface area contributed by atoms with E-state index in [0.717, 1.165) is 20.4 Å². The number of hydrogen-bond donors (Lipinski definition) is 0. The number of nitrogens with zero attached hydrogens (tertiary/aromatic N) is 3. The van der Waals surface area contributed by atoms with Gasteiger partial charge in [-0.25, -0.2) is 0 Å². The van der Waals surface area contributed by atoms with Gasteiger partial charge < -0.3 is 0 Å². The van der Waals surface area contributed by atoms with Crippen LogP contribution in [0.25, 0.3) is 20.4 Å². The summed E-state index contributed by atoms with van der Waals surface area (Å²) in [6.07, 6.45) is 1.79. The summed E-state index contributed by atoms with van der Waals surface area (Å²) in [5.41, 5.74) is 1.83. The standard InChI is InChI=1S/C19H17N3O2S2/c1-2-11-20(12-21-14-7-3-5-9-16(14)25-18(21)23)13-22-15-8-4-6-10-17(15)26-19(22)24/h2-10H,1,11-13H2. The first-order valence-corrected chi connectivity index (χ1v) is 9.80. The largest absolute Gasteiger partial charge is 0.309 e. The van der Waals surface area contributed by atoms with Crippen molar-refractivity contribution in [3.05, 3.63) is 80.5 Å². The molecule has 0 aliphatic carbocycles. The van der Waals surface area contributed by atoms with E-state index in [1.165, 1.54) is 22.7 Å². The third-order valence-electron chi connectivity index (χ3n) is 4.22. The zero-order chi connectivity index (χ0) is 18.1. The maximum atomic E-state index is 12.4. The average molecular weight is 383 g/mol. The number of fused-ring (bicyclic) bond motifs is 2. The van der Waals surface area contributed by atoms with E-state index in [4.69, 9.17) is 0 Å². The molecule has 0 unspecified atom stereocenters. The monoisotopic (exact) mass is 383 g/mol. The van der Waals surface area contributed by atoms with Crippen molar-refractivity contribution in [2.45, 2.75) is 13.3 Å². The molecule has 7 heteroatoms. The average Bonchev–Trinajstić information content (AvgIpc) is 3.12. The second-order valence-electron chi connectivity index (χ2n) is 5.95. The van der Waals surface area contributed by atoms with Crippen LogP contribution in [0.15, 0.2) is 70.8 Å². The van der Waals surface area contributed by atoms with Gasteiger partial charge in [0.05, 0.1) is 33.8 Å². The molecular weight excluding hydrogens is 366 g/mol. The molecule has 4 aromatic rings. The highest BCUT2D eigenvalue weighted by Gasteiger charge is 2.14. The van der Waals surface area contributed by atoms with E-state index in [-0.39, 0.29) is 9.75 Å². The second kappa shape index (κ2) is 7.03. The minimum atomic E-state index is 0.00258. The molecule has 0 radical (unpaired) electrons. The van der Waals surface area contributed by atoms with E-state index in [0.29, 0.717) is 19.9 Å². The fraction of sp³-hybridized carbons (Fsp3) is 0.158. The molecule has 0 atom stereocenters. The Morgan fingerprint density at radius 2 is 1.31 bits per heavy atom. The van der Waals surface area contributed by atoms with Crippen LogP contribution in [-0.4, -0.2) is 20.6 Å². The summed E-state index contributed by atoms with van der Waals surface area (Å²) in [5.74, 6) is 0. The van der Waals surface area contributed by atoms with Gasteiger partial charge in [0.1, 0.15) is 0 Å². The molecule has 0 spiro atoms. The molecule has 0 aliphatic rings. The van der Waals surface area contributed by atoms with Crippen LogP contribution in [0.5, 0.6) is 0 Å². The van der Waals surface area contributed by atoms with Gasteiger partial charge in [-0.15, -0.1) is 6.58 Å². The van der Waals surface area contributed by atoms with Crippen LogP contribution >= 0.6 is 22.7 Å². The van der Waals surface area contributed by atoms with E-state index in [1.807, 2.05) is 53.4 Å². The van der Waals surface area contributed by atoms with Crippen molar-refractivity contribution in [2.24, 2.45) is 0 Å². The van der Waals surface area contributed by atoms with Gasteiger partial charge in [-0.2, -0.15) is 0 Å². The number of benzene rings is 2. The Labute approximate surface area is 157 Å². The van der Waals surface area contributed by atoms with Crippen LogP contribution in [0.2, 0.25) is 0 Å². The lowest BCUT2D eigenvalue weighted by Gasteiger charge is -2.22. The quantitative estimate of drug-likeness (QED) is 0.479. The molecule has 0 bridgehead atoms. The van der Waals surface area contributed by atoms with Crippen LogP contribution in [0.4, 0.5) is 0 Å². The third kappa shape index (κ3) is 3.05. The SMILES string of the molecule is C=CCN(Cn1c(=O)sc2ccccc21)Cn1c(=O)sc2ccccc21. The van der Waals surface area contributed by atoms with Crippen molar-refractivity contribution in [1.82, 2.24) is 14.0 Å². The molecule has 2 heterocycles. The predicted octanol–water partition coefficient (Wildman–Crippen LogP) is 3.54. The van der Waals surface area contributed by atoms with Crippen LogP contribution in [0.3, 0.4) is 0 Å². The molecule has 0 N–H and O–H groups in total. The summed E-state index contributed by atoms with van der Waals surface area (Å²) in [7, 11) is 0. The third-order valence-corrected chi connectivity index (χ3v) is 6.14. The first-order valence-electron chi connectivity index (χ1n) is 8.17. The molecule has 2 aromatic heterocycles. The molecule has 132 valence electrons. The number of hydrogen-bond acceptors (Lipinski definition) is 5. The Hall–Kier alpha value is -2.48. The summed E-state index contributed by atoms with van der Waals surface area (Å²) in [4.78, 5) is 26.9. The molecular formula is C19H17N3O2S2. The van der Waals surface area contributed by atoms with Gasteiger partial charge in [-0.1, -0.05) is 53.0 Å². The molecule has 4 rings (SSSR count). The maximum Gasteiger partial charge on any atom is 0.309 e. The molecule has 26 heavy (non-hydrogen) atoms. The zero-order valence-corrected chi connectivity index (χ0v) is 15.6. The zero-order valence-electron chi connectivity index (χ0n) is 14.0. The predicted molar refractivity (Wildman–Crippen MR) is 109 cm³/mol. The highest BCUT2D eigenvalue weighted by Crippen LogP contribution is 2.19. The van der Waals surface area contributed by atoms with E-state index < -0.39 is 0 Å². The molecule has 5 nitrogen and oxygen atoms in total. The Morgan fingerprint density at radius 1 is 0.846 bits per heavy atom. The molecule has 0 saturated carbocycles. The van der Waals surface area contributed by atoms with E-state index in [9.17, 15) is 9.59 Å². The van der Waals surface area contributed by atoms with E-state index in [2.05, 4.69) is 6.58 Å². The van der Waals surface area contributed by atoms with Gasteiger partial charge in [-0.3, -0.25) is 23.6 Å². The lowest BCUT2D eigenvalue weighted by atomic mass is 10.3. The molecule has 0 amide bonds. The van der Waals surface area contributed by atoms with Gasteiger partial charge in [0, 0.05) is 6.54 Å². The summed E-state index contributed by atoms with van der Waals surface area (Å²) in [6.45, 7) is 5.21. The summed E-state index contributed by atoms with van der Waals surface area (Å²) in [5, 5.41) is 0. The van der Waals surface area contributed by atoms with Gasteiger partial charge in [0.25, 0.3) is 0 Å². The van der Waals surface area contributed by atoms with Crippen LogP contribution < -0.4 is 9.75 Å². The normalized spacial score (nSPS) is 11.6. The Morgan fingerprint density at radius 3 is 1.77 bits per heavy atom. The highest BCUT2D eigenvalue weighted by atomic mass is 32.1. The van der Waals surface area contributed by atoms with Crippen LogP contribution in [0, 0.1) is 0 Å². The fourth-order valence-electron chi connectivity index (χ4n) is 3.04. The molecule has 0 fully saturated rings. The minimum Gasteiger partial charge on any atom is -0.285 e. The van der Waals surface area contributed by atoms with Crippen molar-refractivity contribution in [1.29, 1.82) is 0 Å². The smallest absolute Gasteiger partial charge is 0.285 e. The number of para-hydroxylation sites is 2. The van der Waals surface area contributed by atoms with Gasteiger partial charge in [0.2, 0.25) is 0 Å². The first-order chi connectivity index (χ1) is 12.7. The summed E-state index contributed by atoms with van der Waals surface area (Å²) >= 11 is 2.48. The number of rotatable bonds is 6. The molecule has 0 aliphatic heterocycles. The van der Waals surface area contributed by atoms with Crippen LogP contribution in [0.1, 0.15) is 0 Å². The van der Waals surface area contributed by atoms with Crippen molar-refractivity contribution in [2.75, 3.05) is 6.54 Å². The summed E-state index contributed by atoms with van der Waals surface area (Å²) in [6, 6.07) is 15.5. The van der Waals surface area contributed by atoms with Crippen molar-refractivity contribution >= 4 is 43.1 Å². The lowest BCUT2D eigenvalue weighted by Crippen LogP contribution is -2.34. The summed E-state index contributed by atoms with van der Waals surface area (Å²) < 4.78 is 5.44. The lowest BCUT2D eigenvalue weighted by molar-refractivity contribution is 0.193. The topological polar surface area (TPSA) is 47.2 Å². The Kier molecular flexibility index (Phi) is 4.58. The number of aromatic nitrogens is 2. The van der Waals surface area contributed by atoms with Crippen molar-refractivity contribution < 1.29 is 0 Å². The molecule has 0 saturated heterocycles. The Balaban J connectivity index is 1.71. The van der Waals surface area contributed by atoms with Gasteiger partial charge >= 0.3 is 9.75 Å². The highest BCUT2D eigenvalue weighted by molar-refractivity contribution is 7.16. The first kappa shape index (κ1) is 17.0. The van der Waals surface area contributed by atoms with Crippen molar-refractivity contribution in [3.63, 3.8) is 0 Å². The fourth-order valence-corrected chi connectivity index (χ4v) is 4.81. The Bertz CT molecular complexity index is 1110. The van der Waals surface area contributed by atoms with Gasteiger partial charge in [-0.05, 0) is 24.3 Å². The van der Waals surface area contributed by atoms with E-state index >= 15 is 0 Å². The minimum absolute atomic E-state index is 0.00258.